The topological polar surface area (TPSA) is 56.7 Å². The van der Waals surface area contributed by atoms with Gasteiger partial charge in [0.05, 0.1) is 0 Å². The number of hydrogen-bond donors (Lipinski definition) is 2. The van der Waals surface area contributed by atoms with Crippen molar-refractivity contribution in [3.63, 3.8) is 0 Å². The summed E-state index contributed by atoms with van der Waals surface area (Å²) < 4.78 is 0. The summed E-state index contributed by atoms with van der Waals surface area (Å²) in [5.74, 6) is 0.767. The summed E-state index contributed by atoms with van der Waals surface area (Å²) in [7, 11) is 3.50. The van der Waals surface area contributed by atoms with Crippen LogP contribution in [-0.4, -0.2) is 50.5 Å². The Labute approximate surface area is 116 Å². The molecule has 1 fully saturated rings. The first kappa shape index (κ1) is 15.8. The first-order valence-corrected chi connectivity index (χ1v) is 7.25. The molecule has 1 saturated carbocycles. The molecule has 0 unspecified atom stereocenters. The lowest BCUT2D eigenvalue weighted by Crippen LogP contribution is -2.46. The molecule has 0 aromatic carbocycles. The molecular weight excluding hydrogens is 240 g/mol. The van der Waals surface area contributed by atoms with Crippen molar-refractivity contribution in [1.82, 2.24) is 15.5 Å². The molecule has 1 aliphatic carbocycles. The maximum Gasteiger partial charge on any atom is 0.243 e. The molecule has 0 heterocycles. The molecular formula is C14H28N4O. The lowest BCUT2D eigenvalue weighted by Gasteiger charge is -2.41. The van der Waals surface area contributed by atoms with Gasteiger partial charge in [0.2, 0.25) is 5.91 Å². The summed E-state index contributed by atoms with van der Waals surface area (Å²) in [6.07, 6.45) is 5.14. The van der Waals surface area contributed by atoms with Gasteiger partial charge >= 0.3 is 0 Å². The molecule has 0 radical (unpaired) electrons. The molecule has 0 aromatic heterocycles. The van der Waals surface area contributed by atoms with E-state index < -0.39 is 0 Å². The van der Waals surface area contributed by atoms with E-state index in [0.29, 0.717) is 5.41 Å². The summed E-state index contributed by atoms with van der Waals surface area (Å²) in [6, 6.07) is 0. The monoisotopic (exact) mass is 268 g/mol. The molecule has 1 aliphatic rings. The van der Waals surface area contributed by atoms with Gasteiger partial charge in [-0.25, -0.2) is 4.99 Å². The second kappa shape index (κ2) is 7.36. The largest absolute Gasteiger partial charge is 0.357 e. The van der Waals surface area contributed by atoms with E-state index in [9.17, 15) is 4.79 Å². The number of guanidine groups is 1. The SMILES string of the molecule is CCNC(=NCC(=O)N(C)C)NCC1(CC)CCC1. The van der Waals surface area contributed by atoms with Crippen molar-refractivity contribution in [2.24, 2.45) is 10.4 Å². The highest BCUT2D eigenvalue weighted by atomic mass is 16.2. The molecule has 1 amide bonds. The van der Waals surface area contributed by atoms with Gasteiger partial charge in [0.15, 0.2) is 5.96 Å². The van der Waals surface area contributed by atoms with Crippen molar-refractivity contribution in [1.29, 1.82) is 0 Å². The van der Waals surface area contributed by atoms with Crippen LogP contribution in [0.15, 0.2) is 4.99 Å². The fourth-order valence-corrected chi connectivity index (χ4v) is 2.23. The van der Waals surface area contributed by atoms with Crippen molar-refractivity contribution >= 4 is 11.9 Å². The van der Waals surface area contributed by atoms with Crippen LogP contribution in [-0.2, 0) is 4.79 Å². The van der Waals surface area contributed by atoms with Gasteiger partial charge in [-0.3, -0.25) is 4.79 Å². The van der Waals surface area contributed by atoms with Crippen molar-refractivity contribution in [3.05, 3.63) is 0 Å². The highest BCUT2D eigenvalue weighted by Crippen LogP contribution is 2.42. The van der Waals surface area contributed by atoms with Crippen LogP contribution >= 0.6 is 0 Å². The molecule has 0 atom stereocenters. The fraction of sp³-hybridized carbons (Fsp3) is 0.857. The average Bonchev–Trinajstić information content (AvgIpc) is 2.34. The van der Waals surface area contributed by atoms with E-state index in [2.05, 4.69) is 22.5 Å². The van der Waals surface area contributed by atoms with Crippen LogP contribution in [0.2, 0.25) is 0 Å². The van der Waals surface area contributed by atoms with Crippen LogP contribution in [0.5, 0.6) is 0 Å². The standard InChI is InChI=1S/C14H28N4O/c1-5-14(8-7-9-14)11-17-13(15-6-2)16-10-12(19)18(3)4/h5-11H2,1-4H3,(H2,15,16,17). The summed E-state index contributed by atoms with van der Waals surface area (Å²) in [5, 5.41) is 6.57. The van der Waals surface area contributed by atoms with Gasteiger partial charge in [0.25, 0.3) is 0 Å². The molecule has 0 bridgehead atoms. The minimum Gasteiger partial charge on any atom is -0.357 e. The number of likely N-dealkylation sites (N-methyl/N-ethyl adjacent to an activating group) is 1. The average molecular weight is 268 g/mol. The Kier molecular flexibility index (Phi) is 6.12. The van der Waals surface area contributed by atoms with E-state index in [-0.39, 0.29) is 12.5 Å². The lowest BCUT2D eigenvalue weighted by molar-refractivity contribution is -0.127. The second-order valence-electron chi connectivity index (χ2n) is 5.54. The van der Waals surface area contributed by atoms with Crippen LogP contribution in [0.25, 0.3) is 0 Å². The van der Waals surface area contributed by atoms with Crippen LogP contribution in [0.1, 0.15) is 39.5 Å². The third-order valence-electron chi connectivity index (χ3n) is 4.01. The van der Waals surface area contributed by atoms with Crippen LogP contribution in [0.3, 0.4) is 0 Å². The summed E-state index contributed by atoms with van der Waals surface area (Å²) >= 11 is 0. The maximum absolute atomic E-state index is 11.5. The Balaban J connectivity index is 2.47. The van der Waals surface area contributed by atoms with Crippen molar-refractivity contribution in [2.75, 3.05) is 33.7 Å². The molecule has 110 valence electrons. The smallest absolute Gasteiger partial charge is 0.243 e. The van der Waals surface area contributed by atoms with Gasteiger partial charge in [-0.2, -0.15) is 0 Å². The summed E-state index contributed by atoms with van der Waals surface area (Å²) in [6.45, 7) is 6.23. The first-order valence-electron chi connectivity index (χ1n) is 7.25. The number of carbonyl (C=O) groups is 1. The van der Waals surface area contributed by atoms with E-state index in [0.717, 1.165) is 19.0 Å². The molecule has 0 aliphatic heterocycles. The van der Waals surface area contributed by atoms with Gasteiger partial charge in [-0.1, -0.05) is 13.3 Å². The third-order valence-corrected chi connectivity index (χ3v) is 4.01. The molecule has 19 heavy (non-hydrogen) atoms. The summed E-state index contributed by atoms with van der Waals surface area (Å²) in [5.41, 5.74) is 0.446. The van der Waals surface area contributed by atoms with Gasteiger partial charge in [0, 0.05) is 27.2 Å². The van der Waals surface area contributed by atoms with Crippen molar-refractivity contribution in [3.8, 4) is 0 Å². The van der Waals surface area contributed by atoms with Crippen molar-refractivity contribution in [2.45, 2.75) is 39.5 Å². The Morgan fingerprint density at radius 3 is 2.37 bits per heavy atom. The van der Waals surface area contributed by atoms with E-state index in [1.165, 1.54) is 25.7 Å². The molecule has 5 heteroatoms. The highest BCUT2D eigenvalue weighted by Gasteiger charge is 2.34. The molecule has 0 aromatic rings. The predicted molar refractivity (Wildman–Crippen MR) is 79.3 cm³/mol. The van der Waals surface area contributed by atoms with Crippen LogP contribution in [0, 0.1) is 5.41 Å². The zero-order valence-corrected chi connectivity index (χ0v) is 12.8. The maximum atomic E-state index is 11.5. The Hall–Kier alpha value is -1.26. The molecule has 0 saturated heterocycles. The number of nitrogens with one attached hydrogen (secondary N) is 2. The Morgan fingerprint density at radius 2 is 1.95 bits per heavy atom. The van der Waals surface area contributed by atoms with E-state index in [1.54, 1.807) is 19.0 Å². The molecule has 0 spiro atoms. The quantitative estimate of drug-likeness (QED) is 0.562. The normalized spacial score (nSPS) is 17.6. The van der Waals surface area contributed by atoms with Crippen LogP contribution < -0.4 is 10.6 Å². The van der Waals surface area contributed by atoms with E-state index >= 15 is 0 Å². The molecule has 5 nitrogen and oxygen atoms in total. The third kappa shape index (κ3) is 4.73. The van der Waals surface area contributed by atoms with E-state index in [4.69, 9.17) is 0 Å². The number of aliphatic imine (C=N–C) groups is 1. The zero-order chi connectivity index (χ0) is 14.3. The highest BCUT2D eigenvalue weighted by molar-refractivity contribution is 5.84. The lowest BCUT2D eigenvalue weighted by atomic mass is 9.67. The minimum atomic E-state index is 0.0195. The Bertz CT molecular complexity index is 316. The summed E-state index contributed by atoms with van der Waals surface area (Å²) in [4.78, 5) is 17.4. The first-order chi connectivity index (χ1) is 9.03. The number of rotatable bonds is 6. The van der Waals surface area contributed by atoms with E-state index in [1.807, 2.05) is 6.92 Å². The predicted octanol–water partition coefficient (Wildman–Crippen LogP) is 1.21. The number of nitrogens with zero attached hydrogens (tertiary/aromatic N) is 2. The number of hydrogen-bond acceptors (Lipinski definition) is 2. The van der Waals surface area contributed by atoms with Crippen LogP contribution in [0.4, 0.5) is 0 Å². The fourth-order valence-electron chi connectivity index (χ4n) is 2.23. The number of amides is 1. The molecule has 1 rings (SSSR count). The second-order valence-corrected chi connectivity index (χ2v) is 5.54. The Morgan fingerprint density at radius 1 is 1.26 bits per heavy atom. The van der Waals surface area contributed by atoms with Gasteiger partial charge < -0.3 is 15.5 Å². The van der Waals surface area contributed by atoms with Crippen molar-refractivity contribution < 1.29 is 4.79 Å². The zero-order valence-electron chi connectivity index (χ0n) is 12.8. The molecule has 2 N–H and O–H groups in total. The van der Waals surface area contributed by atoms with Gasteiger partial charge in [0.1, 0.15) is 6.54 Å². The number of carbonyl (C=O) groups excluding carboxylic acids is 1. The minimum absolute atomic E-state index is 0.0195. The van der Waals surface area contributed by atoms with Gasteiger partial charge in [-0.15, -0.1) is 0 Å². The van der Waals surface area contributed by atoms with Gasteiger partial charge in [-0.05, 0) is 31.6 Å².